The maximum atomic E-state index is 11.2. The summed E-state index contributed by atoms with van der Waals surface area (Å²) in [5.74, 6) is -1.27. The van der Waals surface area contributed by atoms with E-state index in [9.17, 15) is 9.90 Å². The molecule has 1 aromatic carbocycles. The van der Waals surface area contributed by atoms with Crippen molar-refractivity contribution in [1.82, 2.24) is 9.78 Å². The predicted octanol–water partition coefficient (Wildman–Crippen LogP) is 2.09. The van der Waals surface area contributed by atoms with Crippen LogP contribution in [-0.2, 0) is 16.1 Å². The fraction of sp³-hybridized carbons (Fsp3) is 0.333. The highest BCUT2D eigenvalue weighted by Crippen LogP contribution is 2.34. The van der Waals surface area contributed by atoms with Gasteiger partial charge in [-0.2, -0.15) is 5.10 Å². The fourth-order valence-electron chi connectivity index (χ4n) is 2.55. The van der Waals surface area contributed by atoms with Crippen molar-refractivity contribution in [2.75, 3.05) is 6.61 Å². The Hall–Kier alpha value is -2.14. The average molecular weight is 272 g/mol. The Balaban J connectivity index is 1.75. The number of hydrogen-bond acceptors (Lipinski definition) is 3. The van der Waals surface area contributed by atoms with Crippen molar-refractivity contribution < 1.29 is 14.6 Å². The van der Waals surface area contributed by atoms with Crippen LogP contribution < -0.4 is 0 Å². The number of rotatable bonds is 4. The molecule has 1 aromatic heterocycles. The molecular weight excluding hydrogens is 256 g/mol. The molecule has 1 fully saturated rings. The molecule has 3 rings (SSSR count). The van der Waals surface area contributed by atoms with E-state index in [1.54, 1.807) is 6.20 Å². The Morgan fingerprint density at radius 3 is 2.95 bits per heavy atom. The van der Waals surface area contributed by atoms with Crippen molar-refractivity contribution in [3.8, 4) is 0 Å². The molecule has 0 spiro atoms. The van der Waals surface area contributed by atoms with Gasteiger partial charge in [0.25, 0.3) is 0 Å². The number of carbonyl (C=O) groups is 1. The van der Waals surface area contributed by atoms with E-state index in [1.165, 1.54) is 0 Å². The van der Waals surface area contributed by atoms with Crippen LogP contribution in [-0.4, -0.2) is 27.5 Å². The monoisotopic (exact) mass is 272 g/mol. The molecule has 5 heteroatoms. The maximum absolute atomic E-state index is 11.2. The summed E-state index contributed by atoms with van der Waals surface area (Å²) in [4.78, 5) is 11.2. The molecule has 1 saturated heterocycles. The molecular formula is C15H16N2O3. The number of hydrogen-bond donors (Lipinski definition) is 1. The quantitative estimate of drug-likeness (QED) is 0.925. The van der Waals surface area contributed by atoms with Crippen molar-refractivity contribution in [3.05, 3.63) is 53.9 Å². The fourth-order valence-corrected chi connectivity index (χ4v) is 2.55. The Morgan fingerprint density at radius 1 is 1.40 bits per heavy atom. The number of nitrogens with zero attached hydrogens (tertiary/aromatic N) is 2. The highest BCUT2D eigenvalue weighted by molar-refractivity contribution is 5.71. The molecule has 0 aliphatic carbocycles. The van der Waals surface area contributed by atoms with Crippen molar-refractivity contribution in [1.29, 1.82) is 0 Å². The minimum atomic E-state index is -0.802. The summed E-state index contributed by atoms with van der Waals surface area (Å²) >= 11 is 0. The summed E-state index contributed by atoms with van der Waals surface area (Å²) in [6.45, 7) is 1.16. The zero-order chi connectivity index (χ0) is 13.9. The second kappa shape index (κ2) is 5.46. The summed E-state index contributed by atoms with van der Waals surface area (Å²) in [7, 11) is 0. The van der Waals surface area contributed by atoms with Gasteiger partial charge in [0.15, 0.2) is 0 Å². The standard InChI is InChI=1S/C15H16N2O3/c18-15(19)13-6-7-20-14(13)12-8-16-17(10-12)9-11-4-2-1-3-5-11/h1-5,8,10,13-14H,6-7,9H2,(H,18,19)/t13-,14-/m0/s1. The summed E-state index contributed by atoms with van der Waals surface area (Å²) in [6.07, 6.45) is 3.76. The number of carboxylic acid groups (broad SMARTS) is 1. The first-order chi connectivity index (χ1) is 9.74. The zero-order valence-corrected chi connectivity index (χ0v) is 11.0. The lowest BCUT2D eigenvalue weighted by molar-refractivity contribution is -0.143. The van der Waals surface area contributed by atoms with Crippen LogP contribution in [0.5, 0.6) is 0 Å². The first kappa shape index (κ1) is 12.9. The second-order valence-corrected chi connectivity index (χ2v) is 4.98. The van der Waals surface area contributed by atoms with Gasteiger partial charge in [-0.05, 0) is 12.0 Å². The van der Waals surface area contributed by atoms with Gasteiger partial charge in [0, 0.05) is 18.4 Å². The topological polar surface area (TPSA) is 64.3 Å². The van der Waals surface area contributed by atoms with Crippen LogP contribution in [0.2, 0.25) is 0 Å². The lowest BCUT2D eigenvalue weighted by Gasteiger charge is -2.12. The van der Waals surface area contributed by atoms with Crippen LogP contribution in [0.4, 0.5) is 0 Å². The first-order valence-corrected chi connectivity index (χ1v) is 6.65. The van der Waals surface area contributed by atoms with E-state index in [-0.39, 0.29) is 6.10 Å². The predicted molar refractivity (Wildman–Crippen MR) is 72.2 cm³/mol. The molecule has 0 bridgehead atoms. The summed E-state index contributed by atoms with van der Waals surface area (Å²) in [5, 5.41) is 13.5. The van der Waals surface area contributed by atoms with Gasteiger partial charge in [0.1, 0.15) is 0 Å². The van der Waals surface area contributed by atoms with Gasteiger partial charge < -0.3 is 9.84 Å². The third-order valence-electron chi connectivity index (χ3n) is 3.58. The molecule has 1 aliphatic rings. The van der Waals surface area contributed by atoms with Gasteiger partial charge in [0.05, 0.1) is 24.8 Å². The van der Waals surface area contributed by atoms with E-state index in [2.05, 4.69) is 5.10 Å². The average Bonchev–Trinajstić information content (AvgIpc) is 3.07. The third-order valence-corrected chi connectivity index (χ3v) is 3.58. The molecule has 0 saturated carbocycles. The highest BCUT2D eigenvalue weighted by atomic mass is 16.5. The zero-order valence-electron chi connectivity index (χ0n) is 11.0. The summed E-state index contributed by atoms with van der Waals surface area (Å²) in [6, 6.07) is 10.0. The van der Waals surface area contributed by atoms with Crippen molar-refractivity contribution in [2.45, 2.75) is 19.1 Å². The normalized spacial score (nSPS) is 22.0. The van der Waals surface area contributed by atoms with Crippen molar-refractivity contribution >= 4 is 5.97 Å². The Morgan fingerprint density at radius 2 is 2.20 bits per heavy atom. The van der Waals surface area contributed by atoms with E-state index in [0.717, 1.165) is 11.1 Å². The number of benzene rings is 1. The molecule has 2 atom stereocenters. The van der Waals surface area contributed by atoms with Crippen LogP contribution in [0.15, 0.2) is 42.7 Å². The minimum absolute atomic E-state index is 0.378. The molecule has 104 valence electrons. The van der Waals surface area contributed by atoms with Gasteiger partial charge in [-0.3, -0.25) is 9.48 Å². The van der Waals surface area contributed by atoms with E-state index >= 15 is 0 Å². The molecule has 2 heterocycles. The van der Waals surface area contributed by atoms with Gasteiger partial charge in [-0.15, -0.1) is 0 Å². The number of ether oxygens (including phenoxy) is 1. The van der Waals surface area contributed by atoms with E-state index < -0.39 is 11.9 Å². The third kappa shape index (κ3) is 2.58. The van der Waals surface area contributed by atoms with Gasteiger partial charge in [-0.25, -0.2) is 0 Å². The summed E-state index contributed by atoms with van der Waals surface area (Å²) < 4.78 is 7.35. The van der Waals surface area contributed by atoms with Crippen LogP contribution in [0, 0.1) is 5.92 Å². The van der Waals surface area contributed by atoms with Crippen LogP contribution in [0.3, 0.4) is 0 Å². The number of aromatic nitrogens is 2. The smallest absolute Gasteiger partial charge is 0.309 e. The molecule has 2 aromatic rings. The molecule has 0 radical (unpaired) electrons. The SMILES string of the molecule is O=C(O)[C@H]1CCO[C@H]1c1cnn(Cc2ccccc2)c1. The Kier molecular flexibility index (Phi) is 3.52. The Labute approximate surface area is 116 Å². The van der Waals surface area contributed by atoms with Crippen LogP contribution in [0.1, 0.15) is 23.7 Å². The summed E-state index contributed by atoms with van der Waals surface area (Å²) in [5.41, 5.74) is 2.00. The maximum Gasteiger partial charge on any atom is 0.309 e. The van der Waals surface area contributed by atoms with Crippen molar-refractivity contribution in [3.63, 3.8) is 0 Å². The second-order valence-electron chi connectivity index (χ2n) is 4.98. The molecule has 1 aliphatic heterocycles. The van der Waals surface area contributed by atoms with Gasteiger partial charge in [-0.1, -0.05) is 30.3 Å². The van der Waals surface area contributed by atoms with E-state index in [4.69, 9.17) is 4.74 Å². The van der Waals surface area contributed by atoms with E-state index in [0.29, 0.717) is 19.6 Å². The molecule has 1 N–H and O–H groups in total. The van der Waals surface area contributed by atoms with E-state index in [1.807, 2.05) is 41.2 Å². The highest BCUT2D eigenvalue weighted by Gasteiger charge is 2.35. The van der Waals surface area contributed by atoms with Crippen molar-refractivity contribution in [2.24, 2.45) is 5.92 Å². The van der Waals surface area contributed by atoms with Gasteiger partial charge in [0.2, 0.25) is 0 Å². The molecule has 0 unspecified atom stereocenters. The molecule has 20 heavy (non-hydrogen) atoms. The van der Waals surface area contributed by atoms with Crippen LogP contribution >= 0.6 is 0 Å². The lowest BCUT2D eigenvalue weighted by Crippen LogP contribution is -2.17. The molecule has 5 nitrogen and oxygen atoms in total. The van der Waals surface area contributed by atoms with Gasteiger partial charge >= 0.3 is 5.97 Å². The minimum Gasteiger partial charge on any atom is -0.481 e. The number of aliphatic carboxylic acids is 1. The molecule has 0 amide bonds. The van der Waals surface area contributed by atoms with Crippen LogP contribution in [0.25, 0.3) is 0 Å². The number of carboxylic acids is 1. The first-order valence-electron chi connectivity index (χ1n) is 6.65. The lowest BCUT2D eigenvalue weighted by atomic mass is 9.98. The largest absolute Gasteiger partial charge is 0.481 e. The Bertz CT molecular complexity index is 594.